The monoisotopic (exact) mass is 521 g/mol. The zero-order valence-corrected chi connectivity index (χ0v) is 20.1. The number of carbonyl (C=O) groups is 3. The number of hydrogen-bond acceptors (Lipinski definition) is 5. The van der Waals surface area contributed by atoms with Crippen LogP contribution in [-0.2, 0) is 26.2 Å². The summed E-state index contributed by atoms with van der Waals surface area (Å²) in [5.41, 5.74) is 0.914. The standard InChI is InChI=1S/C22H24BrN3O5S/c1-3-24-21(28)15(2)25(14-16-8-10-17(23)11-9-16)20(27)12-13-26-22(29)18-6-4-5-7-19(18)32(26,30)31/h4-11,15H,3,12-14H2,1-2H3,(H,24,28)/t15-/m1/s1. The Morgan fingerprint density at radius 3 is 2.41 bits per heavy atom. The fraction of sp³-hybridized carbons (Fsp3) is 0.318. The van der Waals surface area contributed by atoms with Crippen molar-refractivity contribution in [2.75, 3.05) is 13.1 Å². The first-order chi connectivity index (χ1) is 15.2. The van der Waals surface area contributed by atoms with Gasteiger partial charge >= 0.3 is 0 Å². The molecular weight excluding hydrogens is 498 g/mol. The number of carbonyl (C=O) groups excluding carboxylic acids is 3. The average Bonchev–Trinajstić information content (AvgIpc) is 2.97. The van der Waals surface area contributed by atoms with Crippen molar-refractivity contribution in [1.82, 2.24) is 14.5 Å². The Hall–Kier alpha value is -2.72. The maximum Gasteiger partial charge on any atom is 0.269 e. The van der Waals surface area contributed by atoms with Gasteiger partial charge < -0.3 is 10.2 Å². The number of benzene rings is 2. The molecule has 0 aliphatic carbocycles. The predicted molar refractivity (Wildman–Crippen MR) is 122 cm³/mol. The number of fused-ring (bicyclic) bond motifs is 1. The van der Waals surface area contributed by atoms with E-state index in [0.717, 1.165) is 14.3 Å². The van der Waals surface area contributed by atoms with Crippen LogP contribution in [0.1, 0.15) is 36.2 Å². The summed E-state index contributed by atoms with van der Waals surface area (Å²) in [7, 11) is -4.00. The number of amides is 3. The summed E-state index contributed by atoms with van der Waals surface area (Å²) in [6.07, 6.45) is -0.237. The second-order valence-corrected chi connectivity index (χ2v) is 10.1. The van der Waals surface area contributed by atoms with Crippen LogP contribution in [-0.4, -0.2) is 54.5 Å². The molecule has 1 N–H and O–H groups in total. The van der Waals surface area contributed by atoms with Crippen molar-refractivity contribution >= 4 is 43.7 Å². The fourth-order valence-electron chi connectivity index (χ4n) is 3.48. The summed E-state index contributed by atoms with van der Waals surface area (Å²) in [6, 6.07) is 12.5. The number of nitrogens with one attached hydrogen (secondary N) is 1. The highest BCUT2D eigenvalue weighted by atomic mass is 79.9. The van der Waals surface area contributed by atoms with Gasteiger partial charge in [-0.1, -0.05) is 40.2 Å². The molecule has 0 unspecified atom stereocenters. The first-order valence-corrected chi connectivity index (χ1v) is 12.4. The van der Waals surface area contributed by atoms with E-state index in [1.54, 1.807) is 26.0 Å². The molecule has 0 saturated carbocycles. The number of nitrogens with zero attached hydrogens (tertiary/aromatic N) is 2. The van der Waals surface area contributed by atoms with E-state index in [-0.39, 0.29) is 35.9 Å². The summed E-state index contributed by atoms with van der Waals surface area (Å²) in [6.45, 7) is 3.70. The molecule has 3 rings (SSSR count). The number of likely N-dealkylation sites (N-methyl/N-ethyl adjacent to an activating group) is 1. The molecule has 10 heteroatoms. The van der Waals surface area contributed by atoms with Gasteiger partial charge in [0.25, 0.3) is 15.9 Å². The molecular formula is C22H24BrN3O5S. The van der Waals surface area contributed by atoms with Crippen LogP contribution in [0.25, 0.3) is 0 Å². The van der Waals surface area contributed by atoms with E-state index in [1.165, 1.54) is 17.0 Å². The summed E-state index contributed by atoms with van der Waals surface area (Å²) < 4.78 is 27.1. The Bertz CT molecular complexity index is 1130. The van der Waals surface area contributed by atoms with Crippen molar-refractivity contribution in [3.63, 3.8) is 0 Å². The highest BCUT2D eigenvalue weighted by Crippen LogP contribution is 2.30. The lowest BCUT2D eigenvalue weighted by molar-refractivity contribution is -0.140. The van der Waals surface area contributed by atoms with Crippen molar-refractivity contribution in [1.29, 1.82) is 0 Å². The van der Waals surface area contributed by atoms with E-state index in [2.05, 4.69) is 21.2 Å². The van der Waals surface area contributed by atoms with Gasteiger partial charge in [0.15, 0.2) is 0 Å². The van der Waals surface area contributed by atoms with Crippen LogP contribution in [0.4, 0.5) is 0 Å². The van der Waals surface area contributed by atoms with Gasteiger partial charge in [-0.3, -0.25) is 14.4 Å². The van der Waals surface area contributed by atoms with Gasteiger partial charge in [0.1, 0.15) is 10.9 Å². The third kappa shape index (κ3) is 4.86. The van der Waals surface area contributed by atoms with Crippen LogP contribution in [0.3, 0.4) is 0 Å². The molecule has 1 aliphatic heterocycles. The molecule has 1 atom stereocenters. The predicted octanol–water partition coefficient (Wildman–Crippen LogP) is 2.54. The van der Waals surface area contributed by atoms with Crippen LogP contribution in [0.2, 0.25) is 0 Å². The Labute approximate surface area is 195 Å². The van der Waals surface area contributed by atoms with E-state index in [1.807, 2.05) is 24.3 Å². The fourth-order valence-corrected chi connectivity index (χ4v) is 5.32. The van der Waals surface area contributed by atoms with Gasteiger partial charge in [-0.15, -0.1) is 0 Å². The number of hydrogen-bond donors (Lipinski definition) is 1. The zero-order valence-electron chi connectivity index (χ0n) is 17.7. The third-order valence-electron chi connectivity index (χ3n) is 5.23. The van der Waals surface area contributed by atoms with Crippen LogP contribution in [0.15, 0.2) is 57.9 Å². The van der Waals surface area contributed by atoms with Gasteiger partial charge in [0, 0.05) is 30.5 Å². The van der Waals surface area contributed by atoms with Gasteiger partial charge in [0.05, 0.1) is 5.56 Å². The molecule has 2 aromatic carbocycles. The first-order valence-electron chi connectivity index (χ1n) is 10.1. The van der Waals surface area contributed by atoms with E-state index >= 15 is 0 Å². The molecule has 0 bridgehead atoms. The molecule has 0 saturated heterocycles. The first kappa shape index (κ1) is 23.9. The minimum absolute atomic E-state index is 0.0557. The summed E-state index contributed by atoms with van der Waals surface area (Å²) >= 11 is 3.37. The minimum Gasteiger partial charge on any atom is -0.355 e. The quantitative estimate of drug-likeness (QED) is 0.574. The molecule has 2 aromatic rings. The molecule has 170 valence electrons. The largest absolute Gasteiger partial charge is 0.355 e. The molecule has 1 heterocycles. The smallest absolute Gasteiger partial charge is 0.269 e. The second-order valence-electron chi connectivity index (χ2n) is 7.35. The molecule has 3 amide bonds. The lowest BCUT2D eigenvalue weighted by Gasteiger charge is -2.29. The van der Waals surface area contributed by atoms with Gasteiger partial charge in [-0.05, 0) is 43.7 Å². The molecule has 0 fully saturated rings. The number of sulfonamides is 1. The second kappa shape index (κ2) is 9.83. The highest BCUT2D eigenvalue weighted by molar-refractivity contribution is 9.10. The van der Waals surface area contributed by atoms with Crippen molar-refractivity contribution in [2.45, 2.75) is 37.8 Å². The number of halogens is 1. The summed E-state index contributed by atoms with van der Waals surface area (Å²) in [4.78, 5) is 39.5. The third-order valence-corrected chi connectivity index (χ3v) is 7.59. The van der Waals surface area contributed by atoms with Crippen molar-refractivity contribution in [3.05, 3.63) is 64.1 Å². The Morgan fingerprint density at radius 2 is 1.78 bits per heavy atom. The van der Waals surface area contributed by atoms with Crippen molar-refractivity contribution in [3.8, 4) is 0 Å². The lowest BCUT2D eigenvalue weighted by atomic mass is 10.1. The lowest BCUT2D eigenvalue weighted by Crippen LogP contribution is -2.48. The normalized spacial score (nSPS) is 15.2. The zero-order chi connectivity index (χ0) is 23.5. The highest BCUT2D eigenvalue weighted by Gasteiger charge is 2.41. The van der Waals surface area contributed by atoms with Crippen LogP contribution in [0, 0.1) is 0 Å². The molecule has 0 spiro atoms. The Morgan fingerprint density at radius 1 is 1.12 bits per heavy atom. The summed E-state index contributed by atoms with van der Waals surface area (Å²) in [5.74, 6) is -1.38. The van der Waals surface area contributed by atoms with E-state index in [4.69, 9.17) is 0 Å². The topological polar surface area (TPSA) is 104 Å². The van der Waals surface area contributed by atoms with Gasteiger partial charge in [-0.25, -0.2) is 12.7 Å². The van der Waals surface area contributed by atoms with Gasteiger partial charge in [-0.2, -0.15) is 0 Å². The molecule has 0 aromatic heterocycles. The van der Waals surface area contributed by atoms with Crippen LogP contribution < -0.4 is 5.32 Å². The van der Waals surface area contributed by atoms with Crippen molar-refractivity contribution in [2.24, 2.45) is 0 Å². The van der Waals surface area contributed by atoms with Gasteiger partial charge in [0.2, 0.25) is 11.8 Å². The molecule has 32 heavy (non-hydrogen) atoms. The summed E-state index contributed by atoms with van der Waals surface area (Å²) in [5, 5.41) is 2.70. The van der Waals surface area contributed by atoms with E-state index in [0.29, 0.717) is 6.54 Å². The molecule has 0 radical (unpaired) electrons. The Balaban J connectivity index is 1.78. The SMILES string of the molecule is CCNC(=O)[C@@H](C)N(Cc1ccc(Br)cc1)C(=O)CCN1C(=O)c2ccccc2S1(=O)=O. The maximum atomic E-state index is 13.1. The Kier molecular flexibility index (Phi) is 7.35. The molecule has 8 nitrogen and oxygen atoms in total. The van der Waals surface area contributed by atoms with Crippen LogP contribution >= 0.6 is 15.9 Å². The van der Waals surface area contributed by atoms with E-state index < -0.39 is 27.9 Å². The average molecular weight is 522 g/mol. The number of rotatable bonds is 8. The van der Waals surface area contributed by atoms with E-state index in [9.17, 15) is 22.8 Å². The van der Waals surface area contributed by atoms with Crippen molar-refractivity contribution < 1.29 is 22.8 Å². The minimum atomic E-state index is -4.00. The maximum absolute atomic E-state index is 13.1. The van der Waals surface area contributed by atoms with Crippen LogP contribution in [0.5, 0.6) is 0 Å². The molecule has 1 aliphatic rings.